The van der Waals surface area contributed by atoms with Gasteiger partial charge in [-0.05, 0) is 24.2 Å². The van der Waals surface area contributed by atoms with Crippen LogP contribution in [0.2, 0.25) is 0 Å². The number of piperidine rings is 1. The lowest BCUT2D eigenvalue weighted by Crippen LogP contribution is -2.28. The molecule has 2 aliphatic carbocycles. The lowest BCUT2D eigenvalue weighted by molar-refractivity contribution is -0.137. The Morgan fingerprint density at radius 3 is 2.52 bits per heavy atom. The second kappa shape index (κ2) is 5.09. The number of nitrogens with zero attached hydrogens (tertiary/aromatic N) is 3. The Balaban J connectivity index is 1.68. The monoisotopic (exact) mass is 373 g/mol. The van der Waals surface area contributed by atoms with Gasteiger partial charge in [-0.1, -0.05) is 0 Å². The molecule has 1 aliphatic heterocycles. The van der Waals surface area contributed by atoms with Crippen LogP contribution in [0.3, 0.4) is 0 Å². The lowest BCUT2D eigenvalue weighted by atomic mass is 10.1. The highest BCUT2D eigenvalue weighted by Gasteiger charge is 2.57. The number of hydrogen-bond donors (Lipinski definition) is 1. The molecule has 0 aromatic carbocycles. The summed E-state index contributed by atoms with van der Waals surface area (Å²) in [5.74, 6) is -3.21. The molecule has 1 aromatic heterocycles. The molecule has 10 heteroatoms. The zero-order valence-corrected chi connectivity index (χ0v) is 14.3. The summed E-state index contributed by atoms with van der Waals surface area (Å²) in [6.45, 7) is 1.03. The third-order valence-electron chi connectivity index (χ3n) is 5.41. The Hall–Kier alpha value is -1.84. The molecule has 2 heterocycles. The third-order valence-corrected chi connectivity index (χ3v) is 6.26. The Kier molecular flexibility index (Phi) is 3.38. The maximum atomic E-state index is 14.1. The fourth-order valence-electron chi connectivity index (χ4n) is 4.14. The van der Waals surface area contributed by atoms with Crippen molar-refractivity contribution in [2.24, 2.45) is 17.8 Å². The number of hydrogen-bond acceptors (Lipinski definition) is 6. The predicted molar refractivity (Wildman–Crippen MR) is 82.3 cm³/mol. The minimum atomic E-state index is -3.82. The number of rotatable bonds is 4. The van der Waals surface area contributed by atoms with Crippen molar-refractivity contribution in [3.05, 3.63) is 11.3 Å². The number of carboxylic acids is 1. The van der Waals surface area contributed by atoms with E-state index in [2.05, 4.69) is 9.97 Å². The van der Waals surface area contributed by atoms with Gasteiger partial charge in [0.25, 0.3) is 5.92 Å². The molecule has 0 radical (unpaired) electrons. The van der Waals surface area contributed by atoms with Gasteiger partial charge in [0.1, 0.15) is 11.5 Å². The van der Waals surface area contributed by atoms with E-state index in [1.165, 1.54) is 0 Å². The van der Waals surface area contributed by atoms with E-state index in [1.807, 2.05) is 4.90 Å². The van der Waals surface area contributed by atoms with E-state index in [-0.39, 0.29) is 36.4 Å². The summed E-state index contributed by atoms with van der Waals surface area (Å²) < 4.78 is 51.8. The summed E-state index contributed by atoms with van der Waals surface area (Å²) in [6.07, 6.45) is 0.708. The molecule has 1 aromatic rings. The summed E-state index contributed by atoms with van der Waals surface area (Å²) in [7, 11) is -3.82. The van der Waals surface area contributed by atoms with Gasteiger partial charge >= 0.3 is 5.97 Å². The van der Waals surface area contributed by atoms with Crippen molar-refractivity contribution >= 4 is 21.6 Å². The van der Waals surface area contributed by atoms with Crippen LogP contribution in [0, 0.1) is 17.8 Å². The topological polar surface area (TPSA) is 100 Å². The number of halogens is 2. The summed E-state index contributed by atoms with van der Waals surface area (Å²) >= 11 is 0. The smallest absolute Gasteiger partial charge is 0.303 e. The first-order chi connectivity index (χ1) is 11.6. The molecule has 1 saturated heterocycles. The Morgan fingerprint density at radius 2 is 1.96 bits per heavy atom. The number of aromatic nitrogens is 2. The van der Waals surface area contributed by atoms with Gasteiger partial charge in [-0.25, -0.2) is 18.4 Å². The van der Waals surface area contributed by atoms with E-state index < -0.39 is 39.0 Å². The van der Waals surface area contributed by atoms with E-state index in [4.69, 9.17) is 5.11 Å². The van der Waals surface area contributed by atoms with Crippen LogP contribution in [0.1, 0.15) is 24.1 Å². The second-order valence-corrected chi connectivity index (χ2v) is 9.04. The second-order valence-electron chi connectivity index (χ2n) is 7.13. The van der Waals surface area contributed by atoms with Gasteiger partial charge in [-0.15, -0.1) is 0 Å². The summed E-state index contributed by atoms with van der Waals surface area (Å²) in [5.41, 5.74) is -0.172. The van der Waals surface area contributed by atoms with Crippen LogP contribution in [0.4, 0.5) is 14.6 Å². The van der Waals surface area contributed by atoms with Gasteiger partial charge in [0, 0.05) is 37.8 Å². The van der Waals surface area contributed by atoms with Crippen LogP contribution < -0.4 is 4.90 Å². The van der Waals surface area contributed by atoms with Crippen LogP contribution in [-0.4, -0.2) is 48.8 Å². The molecule has 136 valence electrons. The number of sulfone groups is 1. The Labute approximate surface area is 143 Å². The molecule has 7 nitrogen and oxygen atoms in total. The van der Waals surface area contributed by atoms with E-state index in [1.54, 1.807) is 0 Å². The molecule has 3 atom stereocenters. The van der Waals surface area contributed by atoms with E-state index in [0.717, 1.165) is 6.26 Å². The number of fused-ring (bicyclic) bond motifs is 2. The van der Waals surface area contributed by atoms with Gasteiger partial charge < -0.3 is 10.0 Å². The van der Waals surface area contributed by atoms with Crippen molar-refractivity contribution in [1.82, 2.24) is 9.97 Å². The Morgan fingerprint density at radius 1 is 1.32 bits per heavy atom. The fraction of sp³-hybridized carbons (Fsp3) is 0.667. The maximum absolute atomic E-state index is 14.1. The lowest BCUT2D eigenvalue weighted by Gasteiger charge is -2.23. The minimum absolute atomic E-state index is 0.103. The zero-order valence-electron chi connectivity index (χ0n) is 13.4. The van der Waals surface area contributed by atoms with Gasteiger partial charge in [-0.3, -0.25) is 4.79 Å². The predicted octanol–water partition coefficient (Wildman–Crippen LogP) is 1.07. The number of anilines is 1. The zero-order chi connectivity index (χ0) is 18.1. The van der Waals surface area contributed by atoms with Crippen molar-refractivity contribution < 1.29 is 27.1 Å². The fourth-order valence-corrected chi connectivity index (χ4v) is 4.65. The van der Waals surface area contributed by atoms with Crippen molar-refractivity contribution in [2.75, 3.05) is 24.2 Å². The molecule has 3 aliphatic rings. The highest BCUT2D eigenvalue weighted by molar-refractivity contribution is 7.90. The molecule has 0 bridgehead atoms. The van der Waals surface area contributed by atoms with Crippen LogP contribution >= 0.6 is 0 Å². The molecular formula is C15H17F2N3O4S. The van der Waals surface area contributed by atoms with Gasteiger partial charge in [0.2, 0.25) is 15.0 Å². The molecule has 25 heavy (non-hydrogen) atoms. The van der Waals surface area contributed by atoms with E-state index in [9.17, 15) is 22.0 Å². The molecule has 0 spiro atoms. The SMILES string of the molecule is CS(=O)(=O)c1nc(N2C[C@@H]3[C@H](CC(=O)O)[C@@H]3C2)c2c(n1)C(F)(F)CC2. The van der Waals surface area contributed by atoms with Crippen molar-refractivity contribution in [3.8, 4) is 0 Å². The average molecular weight is 373 g/mol. The molecule has 0 amide bonds. The number of aliphatic carboxylic acids is 1. The molecule has 1 saturated carbocycles. The number of carboxylic acid groups (broad SMARTS) is 1. The highest BCUT2D eigenvalue weighted by atomic mass is 32.2. The van der Waals surface area contributed by atoms with Crippen LogP contribution in [0.25, 0.3) is 0 Å². The standard InChI is InChI=1S/C15H17F2N3O4S/c1-25(23,24)14-18-12-7(2-3-15(12,16)17)13(19-14)20-5-9-8(4-11(21)22)10(9)6-20/h8-10H,2-6H2,1H3,(H,21,22)/t8-,9+,10-. The van der Waals surface area contributed by atoms with Crippen molar-refractivity contribution in [1.29, 1.82) is 0 Å². The number of alkyl halides is 2. The average Bonchev–Trinajstić information content (AvgIpc) is 2.85. The molecule has 2 fully saturated rings. The van der Waals surface area contributed by atoms with E-state index in [0.29, 0.717) is 18.7 Å². The summed E-state index contributed by atoms with van der Waals surface area (Å²) in [5, 5.41) is 8.31. The van der Waals surface area contributed by atoms with Gasteiger partial charge in [-0.2, -0.15) is 8.78 Å². The molecule has 4 rings (SSSR count). The van der Waals surface area contributed by atoms with Crippen LogP contribution in [-0.2, 0) is 27.0 Å². The number of carbonyl (C=O) groups is 1. The third kappa shape index (κ3) is 2.66. The Bertz CT molecular complexity index is 862. The summed E-state index contributed by atoms with van der Waals surface area (Å²) in [4.78, 5) is 20.4. The van der Waals surface area contributed by atoms with Crippen molar-refractivity contribution in [3.63, 3.8) is 0 Å². The van der Waals surface area contributed by atoms with Crippen molar-refractivity contribution in [2.45, 2.75) is 30.3 Å². The van der Waals surface area contributed by atoms with Gasteiger partial charge in [0.15, 0.2) is 0 Å². The van der Waals surface area contributed by atoms with Crippen LogP contribution in [0.15, 0.2) is 5.16 Å². The first-order valence-corrected chi connectivity index (χ1v) is 9.93. The normalized spacial score (nSPS) is 29.4. The molecule has 1 N–H and O–H groups in total. The summed E-state index contributed by atoms with van der Waals surface area (Å²) in [6, 6.07) is 0. The van der Waals surface area contributed by atoms with E-state index >= 15 is 0 Å². The largest absolute Gasteiger partial charge is 0.481 e. The minimum Gasteiger partial charge on any atom is -0.481 e. The maximum Gasteiger partial charge on any atom is 0.303 e. The van der Waals surface area contributed by atoms with Gasteiger partial charge in [0.05, 0.1) is 0 Å². The first-order valence-electron chi connectivity index (χ1n) is 8.04. The van der Waals surface area contributed by atoms with Crippen LogP contribution in [0.5, 0.6) is 0 Å². The quantitative estimate of drug-likeness (QED) is 0.788. The highest BCUT2D eigenvalue weighted by Crippen LogP contribution is 2.55. The molecular weight excluding hydrogens is 356 g/mol. The first kappa shape index (κ1) is 16.6. The molecule has 0 unspecified atom stereocenters.